The highest BCUT2D eigenvalue weighted by Gasteiger charge is 1.99. The van der Waals surface area contributed by atoms with Crippen LogP contribution in [-0.2, 0) is 0 Å². The van der Waals surface area contributed by atoms with Crippen LogP contribution in [0, 0.1) is 0 Å². The molecule has 1 aromatic carbocycles. The van der Waals surface area contributed by atoms with Crippen LogP contribution in [0.3, 0.4) is 0 Å². The number of thioether (sulfide) groups is 1. The van der Waals surface area contributed by atoms with E-state index in [1.165, 1.54) is 11.8 Å². The number of aromatic amines is 1. The molecule has 0 aliphatic carbocycles. The minimum atomic E-state index is -0.00815. The molecule has 13 heavy (non-hydrogen) atoms. The Morgan fingerprint density at radius 1 is 1.31 bits per heavy atom. The summed E-state index contributed by atoms with van der Waals surface area (Å²) in [5.41, 5.74) is 0.886. The Kier molecular flexibility index (Phi) is 2.10. The summed E-state index contributed by atoms with van der Waals surface area (Å²) in [4.78, 5) is 15.0. The van der Waals surface area contributed by atoms with Gasteiger partial charge in [0.1, 0.15) is 0 Å². The number of nitrogens with one attached hydrogen (secondary N) is 1. The molecule has 0 radical (unpaired) electrons. The van der Waals surface area contributed by atoms with Crippen LogP contribution in [0.4, 0.5) is 0 Å². The summed E-state index contributed by atoms with van der Waals surface area (Å²) in [7, 11) is 0. The van der Waals surface area contributed by atoms with Crippen molar-refractivity contribution in [1.82, 2.24) is 4.98 Å². The van der Waals surface area contributed by atoms with Crippen LogP contribution in [0.1, 0.15) is 0 Å². The smallest absolute Gasteiger partial charge is 0.262 e. The number of H-pyrrole nitrogens is 1. The van der Waals surface area contributed by atoms with Gasteiger partial charge in [0, 0.05) is 5.52 Å². The van der Waals surface area contributed by atoms with Crippen LogP contribution >= 0.6 is 11.8 Å². The van der Waals surface area contributed by atoms with Crippen molar-refractivity contribution < 1.29 is 0 Å². The summed E-state index contributed by atoms with van der Waals surface area (Å²) < 4.78 is 0. The number of benzene rings is 1. The first-order chi connectivity index (χ1) is 6.31. The first-order valence-electron chi connectivity index (χ1n) is 3.97. The summed E-state index contributed by atoms with van der Waals surface area (Å²) in [6.07, 6.45) is 1.90. The van der Waals surface area contributed by atoms with Gasteiger partial charge in [-0.2, -0.15) is 0 Å². The predicted octanol–water partition coefficient (Wildman–Crippen LogP) is 2.25. The van der Waals surface area contributed by atoms with Crippen molar-refractivity contribution >= 4 is 22.7 Å². The second-order valence-electron chi connectivity index (χ2n) is 2.75. The van der Waals surface area contributed by atoms with Gasteiger partial charge in [-0.05, 0) is 23.8 Å². The van der Waals surface area contributed by atoms with Crippen molar-refractivity contribution in [3.63, 3.8) is 0 Å². The maximum atomic E-state index is 11.4. The summed E-state index contributed by atoms with van der Waals surface area (Å²) in [5, 5.41) is 1.08. The highest BCUT2D eigenvalue weighted by atomic mass is 32.2. The monoisotopic (exact) mass is 191 g/mol. The van der Waals surface area contributed by atoms with E-state index in [0.29, 0.717) is 0 Å². The van der Waals surface area contributed by atoms with Gasteiger partial charge in [0.15, 0.2) is 0 Å². The third kappa shape index (κ3) is 1.47. The molecular weight excluding hydrogens is 182 g/mol. The zero-order chi connectivity index (χ0) is 9.26. The highest BCUT2D eigenvalue weighted by molar-refractivity contribution is 7.98. The third-order valence-corrected chi connectivity index (χ3v) is 2.68. The Labute approximate surface area is 80.0 Å². The van der Waals surface area contributed by atoms with Crippen molar-refractivity contribution in [3.05, 3.63) is 40.7 Å². The van der Waals surface area contributed by atoms with E-state index in [-0.39, 0.29) is 5.56 Å². The average molecular weight is 191 g/mol. The standard InChI is InChI=1S/C10H9NOS/c1-13-9-6-7-4-2-3-5-8(7)11-10(9)12/h2-6H,1H3,(H,11,12). The van der Waals surface area contributed by atoms with Crippen molar-refractivity contribution in [3.8, 4) is 0 Å². The van der Waals surface area contributed by atoms with Crippen LogP contribution in [0.15, 0.2) is 40.0 Å². The van der Waals surface area contributed by atoms with E-state index in [1.807, 2.05) is 36.6 Å². The number of pyridine rings is 1. The lowest BCUT2D eigenvalue weighted by atomic mass is 10.2. The van der Waals surface area contributed by atoms with E-state index < -0.39 is 0 Å². The number of hydrogen-bond acceptors (Lipinski definition) is 2. The van der Waals surface area contributed by atoms with Gasteiger partial charge < -0.3 is 4.98 Å². The summed E-state index contributed by atoms with van der Waals surface area (Å²) in [6, 6.07) is 9.69. The van der Waals surface area contributed by atoms with E-state index in [0.717, 1.165) is 15.8 Å². The molecule has 3 heteroatoms. The molecule has 0 unspecified atom stereocenters. The van der Waals surface area contributed by atoms with Crippen molar-refractivity contribution in [2.24, 2.45) is 0 Å². The van der Waals surface area contributed by atoms with E-state index in [2.05, 4.69) is 4.98 Å². The fraction of sp³-hybridized carbons (Fsp3) is 0.100. The fourth-order valence-corrected chi connectivity index (χ4v) is 1.76. The first-order valence-corrected chi connectivity index (χ1v) is 5.20. The molecule has 0 fully saturated rings. The lowest BCUT2D eigenvalue weighted by Crippen LogP contribution is -2.07. The zero-order valence-electron chi connectivity index (χ0n) is 7.20. The summed E-state index contributed by atoms with van der Waals surface area (Å²) >= 11 is 1.47. The van der Waals surface area contributed by atoms with Gasteiger partial charge in [0.2, 0.25) is 0 Å². The van der Waals surface area contributed by atoms with Crippen molar-refractivity contribution in [2.75, 3.05) is 6.26 Å². The summed E-state index contributed by atoms with van der Waals surface area (Å²) in [6.45, 7) is 0. The normalized spacial score (nSPS) is 10.5. The molecule has 0 aliphatic heterocycles. The predicted molar refractivity (Wildman–Crippen MR) is 56.3 cm³/mol. The lowest BCUT2D eigenvalue weighted by Gasteiger charge is -1.99. The quantitative estimate of drug-likeness (QED) is 0.701. The van der Waals surface area contributed by atoms with Gasteiger partial charge in [0.05, 0.1) is 4.90 Å². The molecule has 0 bridgehead atoms. The van der Waals surface area contributed by atoms with Crippen molar-refractivity contribution in [2.45, 2.75) is 4.90 Å². The van der Waals surface area contributed by atoms with Gasteiger partial charge in [-0.25, -0.2) is 0 Å². The number of para-hydroxylation sites is 1. The third-order valence-electron chi connectivity index (χ3n) is 1.94. The molecule has 2 rings (SSSR count). The highest BCUT2D eigenvalue weighted by Crippen LogP contribution is 2.15. The molecule has 2 aromatic rings. The van der Waals surface area contributed by atoms with E-state index in [1.54, 1.807) is 0 Å². The van der Waals surface area contributed by atoms with E-state index >= 15 is 0 Å². The molecule has 0 saturated carbocycles. The Morgan fingerprint density at radius 3 is 2.85 bits per heavy atom. The second-order valence-corrected chi connectivity index (χ2v) is 3.60. The topological polar surface area (TPSA) is 32.9 Å². The number of fused-ring (bicyclic) bond motifs is 1. The second kappa shape index (κ2) is 3.26. The Morgan fingerprint density at radius 2 is 2.08 bits per heavy atom. The SMILES string of the molecule is CSc1cc2ccccc2[nH]c1=O. The summed E-state index contributed by atoms with van der Waals surface area (Å²) in [5.74, 6) is 0. The molecule has 1 aromatic heterocycles. The van der Waals surface area contributed by atoms with Gasteiger partial charge in [0.25, 0.3) is 5.56 Å². The largest absolute Gasteiger partial charge is 0.321 e. The fourth-order valence-electron chi connectivity index (χ4n) is 1.28. The Hall–Kier alpha value is -1.22. The van der Waals surface area contributed by atoms with Crippen LogP contribution in [-0.4, -0.2) is 11.2 Å². The minimum Gasteiger partial charge on any atom is -0.321 e. The average Bonchev–Trinajstić information content (AvgIpc) is 2.17. The Bertz CT molecular complexity index is 489. The van der Waals surface area contributed by atoms with Crippen LogP contribution in [0.25, 0.3) is 10.9 Å². The molecule has 0 amide bonds. The molecule has 0 aliphatic rings. The maximum Gasteiger partial charge on any atom is 0.262 e. The molecule has 0 spiro atoms. The minimum absolute atomic E-state index is 0.00815. The van der Waals surface area contributed by atoms with Crippen molar-refractivity contribution in [1.29, 1.82) is 0 Å². The molecule has 0 saturated heterocycles. The molecule has 1 N–H and O–H groups in total. The van der Waals surface area contributed by atoms with Crippen LogP contribution in [0.2, 0.25) is 0 Å². The number of aromatic nitrogens is 1. The molecule has 0 atom stereocenters. The molecule has 66 valence electrons. The Balaban J connectivity index is 2.81. The molecular formula is C10H9NOS. The van der Waals surface area contributed by atoms with E-state index in [9.17, 15) is 4.79 Å². The lowest BCUT2D eigenvalue weighted by molar-refractivity contribution is 1.20. The van der Waals surface area contributed by atoms with Crippen LogP contribution < -0.4 is 5.56 Å². The van der Waals surface area contributed by atoms with Gasteiger partial charge in [-0.1, -0.05) is 18.2 Å². The maximum absolute atomic E-state index is 11.4. The van der Waals surface area contributed by atoms with Gasteiger partial charge in [-0.3, -0.25) is 4.79 Å². The van der Waals surface area contributed by atoms with Crippen LogP contribution in [0.5, 0.6) is 0 Å². The number of hydrogen-bond donors (Lipinski definition) is 1. The molecule has 1 heterocycles. The van der Waals surface area contributed by atoms with Gasteiger partial charge in [-0.15, -0.1) is 11.8 Å². The number of rotatable bonds is 1. The zero-order valence-corrected chi connectivity index (χ0v) is 8.02. The van der Waals surface area contributed by atoms with Gasteiger partial charge >= 0.3 is 0 Å². The first kappa shape index (κ1) is 8.38. The molecule has 2 nitrogen and oxygen atoms in total. The van der Waals surface area contributed by atoms with E-state index in [4.69, 9.17) is 0 Å².